The van der Waals surface area contributed by atoms with Crippen LogP contribution in [0.5, 0.6) is 11.5 Å². The van der Waals surface area contributed by atoms with E-state index in [0.29, 0.717) is 15.9 Å². The van der Waals surface area contributed by atoms with Gasteiger partial charge in [-0.2, -0.15) is 0 Å². The second kappa shape index (κ2) is 11.6. The van der Waals surface area contributed by atoms with E-state index < -0.39 is 15.9 Å². The first-order valence-electron chi connectivity index (χ1n) is 11.0. The highest BCUT2D eigenvalue weighted by Gasteiger charge is 2.28. The molecule has 0 bridgehead atoms. The highest BCUT2D eigenvalue weighted by molar-refractivity contribution is 9.10. The predicted molar refractivity (Wildman–Crippen MR) is 141 cm³/mol. The molecule has 0 saturated carbocycles. The minimum atomic E-state index is -4.04. The number of nitrogens with zero attached hydrogens (tertiary/aromatic N) is 1. The normalized spacial score (nSPS) is 11.1. The number of ether oxygens (including phenoxy) is 2. The number of benzene rings is 3. The van der Waals surface area contributed by atoms with Gasteiger partial charge < -0.3 is 14.8 Å². The molecule has 3 rings (SSSR count). The summed E-state index contributed by atoms with van der Waals surface area (Å²) in [7, 11) is -2.54. The van der Waals surface area contributed by atoms with E-state index in [1.807, 2.05) is 39.0 Å². The van der Waals surface area contributed by atoms with E-state index in [-0.39, 0.29) is 24.6 Å². The Labute approximate surface area is 215 Å². The van der Waals surface area contributed by atoms with Crippen LogP contribution in [-0.2, 0) is 14.8 Å². The van der Waals surface area contributed by atoms with E-state index in [4.69, 9.17) is 9.47 Å². The minimum absolute atomic E-state index is 0.0387. The number of halogens is 1. The Hall–Kier alpha value is -3.04. The van der Waals surface area contributed by atoms with Crippen LogP contribution in [0.1, 0.15) is 16.7 Å². The summed E-state index contributed by atoms with van der Waals surface area (Å²) in [6, 6.07) is 17.4. The first-order chi connectivity index (χ1) is 16.6. The molecule has 35 heavy (non-hydrogen) atoms. The van der Waals surface area contributed by atoms with Crippen LogP contribution in [0.25, 0.3) is 0 Å². The van der Waals surface area contributed by atoms with Crippen LogP contribution < -0.4 is 19.1 Å². The number of amides is 1. The van der Waals surface area contributed by atoms with Gasteiger partial charge in [-0.15, -0.1) is 0 Å². The average molecular weight is 561 g/mol. The van der Waals surface area contributed by atoms with E-state index in [1.165, 1.54) is 19.2 Å². The molecule has 186 valence electrons. The lowest BCUT2D eigenvalue weighted by molar-refractivity contribution is -0.119. The van der Waals surface area contributed by atoms with Crippen LogP contribution in [0.15, 0.2) is 70.0 Å². The lowest BCUT2D eigenvalue weighted by Gasteiger charge is -2.24. The summed E-state index contributed by atoms with van der Waals surface area (Å²) in [5.41, 5.74) is 3.46. The average Bonchev–Trinajstić information content (AvgIpc) is 2.83. The maximum Gasteiger partial charge on any atom is 0.264 e. The number of aryl methyl sites for hydroxylation is 3. The zero-order valence-corrected chi connectivity index (χ0v) is 22.6. The summed E-state index contributed by atoms with van der Waals surface area (Å²) in [4.78, 5) is 12.8. The molecule has 1 N–H and O–H groups in total. The van der Waals surface area contributed by atoms with Gasteiger partial charge in [0, 0.05) is 0 Å². The van der Waals surface area contributed by atoms with Gasteiger partial charge in [-0.3, -0.25) is 9.10 Å². The Morgan fingerprint density at radius 1 is 0.943 bits per heavy atom. The molecule has 3 aromatic carbocycles. The van der Waals surface area contributed by atoms with Gasteiger partial charge in [0.15, 0.2) is 0 Å². The van der Waals surface area contributed by atoms with Crippen molar-refractivity contribution in [2.75, 3.05) is 31.1 Å². The van der Waals surface area contributed by atoms with Gasteiger partial charge in [-0.05, 0) is 84.2 Å². The first kappa shape index (κ1) is 26.6. The predicted octanol–water partition coefficient (Wildman–Crippen LogP) is 4.77. The summed E-state index contributed by atoms with van der Waals surface area (Å²) in [5, 5.41) is 2.75. The lowest BCUT2D eigenvalue weighted by Crippen LogP contribution is -2.42. The number of carbonyl (C=O) groups is 1. The zero-order chi connectivity index (χ0) is 25.6. The molecular formula is C26H29BrN2O5S. The van der Waals surface area contributed by atoms with Crippen LogP contribution in [0.2, 0.25) is 0 Å². The Morgan fingerprint density at radius 2 is 1.63 bits per heavy atom. The van der Waals surface area contributed by atoms with Crippen molar-refractivity contribution >= 4 is 37.5 Å². The summed E-state index contributed by atoms with van der Waals surface area (Å²) < 4.78 is 39.7. The fourth-order valence-electron chi connectivity index (χ4n) is 3.36. The third-order valence-electron chi connectivity index (χ3n) is 5.35. The third kappa shape index (κ3) is 6.76. The smallest absolute Gasteiger partial charge is 0.264 e. The van der Waals surface area contributed by atoms with E-state index in [9.17, 15) is 13.2 Å². The van der Waals surface area contributed by atoms with Gasteiger partial charge >= 0.3 is 0 Å². The van der Waals surface area contributed by atoms with Gasteiger partial charge in [-0.1, -0.05) is 29.8 Å². The lowest BCUT2D eigenvalue weighted by atomic mass is 10.1. The Balaban J connectivity index is 1.75. The Morgan fingerprint density at radius 3 is 2.29 bits per heavy atom. The van der Waals surface area contributed by atoms with Crippen LogP contribution >= 0.6 is 15.9 Å². The van der Waals surface area contributed by atoms with Crippen molar-refractivity contribution in [2.45, 2.75) is 25.7 Å². The van der Waals surface area contributed by atoms with Crippen molar-refractivity contribution in [1.29, 1.82) is 0 Å². The molecule has 0 spiro atoms. The fraction of sp³-hybridized carbons (Fsp3) is 0.269. The molecule has 0 aliphatic carbocycles. The van der Waals surface area contributed by atoms with E-state index in [2.05, 4.69) is 21.2 Å². The zero-order valence-electron chi connectivity index (χ0n) is 20.2. The summed E-state index contributed by atoms with van der Waals surface area (Å²) >= 11 is 3.34. The van der Waals surface area contributed by atoms with E-state index >= 15 is 0 Å². The number of nitrogens with one attached hydrogen (secondary N) is 1. The second-order valence-corrected chi connectivity index (χ2v) is 10.8. The highest BCUT2D eigenvalue weighted by Crippen LogP contribution is 2.30. The Bertz CT molecular complexity index is 1290. The molecule has 0 atom stereocenters. The minimum Gasteiger partial charge on any atom is -0.496 e. The molecule has 0 unspecified atom stereocenters. The van der Waals surface area contributed by atoms with Gasteiger partial charge in [-0.25, -0.2) is 8.42 Å². The van der Waals surface area contributed by atoms with Crippen LogP contribution in [0.3, 0.4) is 0 Å². The second-order valence-electron chi connectivity index (χ2n) is 8.11. The van der Waals surface area contributed by atoms with E-state index in [1.54, 1.807) is 30.3 Å². The molecule has 9 heteroatoms. The van der Waals surface area contributed by atoms with E-state index in [0.717, 1.165) is 26.7 Å². The molecule has 1 amide bonds. The first-order valence-corrected chi connectivity index (χ1v) is 13.2. The number of methoxy groups -OCH3 is 1. The molecule has 0 aromatic heterocycles. The molecule has 0 aliphatic heterocycles. The number of anilines is 1. The molecule has 0 fully saturated rings. The molecule has 3 aromatic rings. The van der Waals surface area contributed by atoms with Crippen LogP contribution in [0.4, 0.5) is 5.69 Å². The molecule has 0 heterocycles. The number of rotatable bonds is 10. The molecule has 0 saturated heterocycles. The third-order valence-corrected chi connectivity index (χ3v) is 7.74. The highest BCUT2D eigenvalue weighted by atomic mass is 79.9. The van der Waals surface area contributed by atoms with Gasteiger partial charge in [0.05, 0.1) is 28.7 Å². The largest absolute Gasteiger partial charge is 0.496 e. The number of carbonyl (C=O) groups excluding carboxylic acids is 1. The van der Waals surface area contributed by atoms with Crippen LogP contribution in [0, 0.1) is 20.8 Å². The topological polar surface area (TPSA) is 84.9 Å². The van der Waals surface area contributed by atoms with Crippen molar-refractivity contribution in [2.24, 2.45) is 0 Å². The maximum atomic E-state index is 13.5. The summed E-state index contributed by atoms with van der Waals surface area (Å²) in [6.07, 6.45) is 0. The maximum absolute atomic E-state index is 13.5. The molecular weight excluding hydrogens is 532 g/mol. The molecule has 0 aliphatic rings. The number of sulfonamides is 1. The summed E-state index contributed by atoms with van der Waals surface area (Å²) in [5.74, 6) is 0.826. The van der Waals surface area contributed by atoms with Crippen molar-refractivity contribution in [3.8, 4) is 11.5 Å². The summed E-state index contributed by atoms with van der Waals surface area (Å²) in [6.45, 7) is 5.97. The van der Waals surface area contributed by atoms with Crippen molar-refractivity contribution in [3.63, 3.8) is 0 Å². The van der Waals surface area contributed by atoms with Gasteiger partial charge in [0.25, 0.3) is 10.0 Å². The number of hydrogen-bond acceptors (Lipinski definition) is 5. The van der Waals surface area contributed by atoms with Crippen molar-refractivity contribution < 1.29 is 22.7 Å². The number of hydrogen-bond donors (Lipinski definition) is 1. The molecule has 0 radical (unpaired) electrons. The van der Waals surface area contributed by atoms with Gasteiger partial charge in [0.1, 0.15) is 24.7 Å². The van der Waals surface area contributed by atoms with Gasteiger partial charge in [0.2, 0.25) is 5.91 Å². The Kier molecular flexibility index (Phi) is 8.80. The van der Waals surface area contributed by atoms with Crippen molar-refractivity contribution in [1.82, 2.24) is 5.32 Å². The monoisotopic (exact) mass is 560 g/mol. The fourth-order valence-corrected chi connectivity index (χ4v) is 5.50. The molecule has 7 nitrogen and oxygen atoms in total. The standard InChI is InChI=1S/C26H29BrN2O5S/c1-18-6-9-21(10-7-18)29(35(31,32)22-11-12-24(33-4)23(27)16-22)17-26(30)28-13-14-34-25-15-19(2)5-8-20(25)3/h5-12,15-16H,13-14,17H2,1-4H3,(H,28,30). The van der Waals surface area contributed by atoms with Crippen molar-refractivity contribution in [3.05, 3.63) is 81.8 Å². The quantitative estimate of drug-likeness (QED) is 0.361. The SMILES string of the molecule is COc1ccc(S(=O)(=O)N(CC(=O)NCCOc2cc(C)ccc2C)c2ccc(C)cc2)cc1Br. The van der Waals surface area contributed by atoms with Crippen LogP contribution in [-0.4, -0.2) is 41.1 Å².